The fourth-order valence-corrected chi connectivity index (χ4v) is 2.52. The Morgan fingerprint density at radius 3 is 2.36 bits per heavy atom. The third-order valence-corrected chi connectivity index (χ3v) is 3.64. The van der Waals surface area contributed by atoms with Gasteiger partial charge in [0.2, 0.25) is 0 Å². The Labute approximate surface area is 86.7 Å². The first kappa shape index (κ1) is 10.2. The molecule has 14 heavy (non-hydrogen) atoms. The zero-order chi connectivity index (χ0) is 9.97. The maximum atomic E-state index is 11.9. The van der Waals surface area contributed by atoms with E-state index in [4.69, 9.17) is 0 Å². The van der Waals surface area contributed by atoms with E-state index in [1.54, 1.807) is 0 Å². The summed E-state index contributed by atoms with van der Waals surface area (Å²) in [5.41, 5.74) is 0. The first-order valence-corrected chi connectivity index (χ1v) is 6.08. The topological polar surface area (TPSA) is 20.3 Å². The van der Waals surface area contributed by atoms with Crippen LogP contribution in [0.15, 0.2) is 0 Å². The number of Topliss-reactive ketones (excluding diaryl/α,β-unsaturated/α-hetero) is 1. The van der Waals surface area contributed by atoms with Gasteiger partial charge in [0.15, 0.2) is 0 Å². The van der Waals surface area contributed by atoms with E-state index in [1.807, 2.05) is 0 Å². The number of carbonyl (C=O) groups excluding carboxylic acids is 1. The average Bonchev–Trinajstić information content (AvgIpc) is 2.88. The Hall–Kier alpha value is -0.370. The van der Waals surface area contributed by atoms with E-state index in [2.05, 4.69) is 11.8 Å². The molecule has 0 aliphatic heterocycles. The molecule has 0 atom stereocenters. The van der Waals surface area contributed by atoms with Crippen molar-refractivity contribution >= 4 is 5.78 Å². The number of carbonyl (C=O) groups is 1. The van der Waals surface area contributed by atoms with Crippen LogP contribution in [0, 0.1) is 5.92 Å². The van der Waals surface area contributed by atoms with Gasteiger partial charge in [-0.3, -0.25) is 9.69 Å². The summed E-state index contributed by atoms with van der Waals surface area (Å²) in [5, 5.41) is 0. The third-order valence-electron chi connectivity index (χ3n) is 3.64. The summed E-state index contributed by atoms with van der Waals surface area (Å²) in [6, 6.07) is 0.741. The summed E-state index contributed by atoms with van der Waals surface area (Å²) < 4.78 is 0. The number of likely N-dealkylation sites (N-methyl/N-ethyl adjacent to an activating group) is 1. The molecule has 2 aliphatic carbocycles. The highest BCUT2D eigenvalue weighted by atomic mass is 16.1. The molecule has 0 N–H and O–H groups in total. The van der Waals surface area contributed by atoms with Crippen LogP contribution in [0.1, 0.15) is 45.4 Å². The Kier molecular flexibility index (Phi) is 3.22. The van der Waals surface area contributed by atoms with E-state index < -0.39 is 0 Å². The molecule has 0 bridgehead atoms. The predicted octanol–water partition coefficient (Wildman–Crippen LogP) is 2.23. The quantitative estimate of drug-likeness (QED) is 0.670. The molecular weight excluding hydrogens is 174 g/mol. The Morgan fingerprint density at radius 1 is 1.21 bits per heavy atom. The van der Waals surface area contributed by atoms with Gasteiger partial charge in [0, 0.05) is 12.0 Å². The van der Waals surface area contributed by atoms with Gasteiger partial charge in [-0.05, 0) is 32.2 Å². The number of hydrogen-bond acceptors (Lipinski definition) is 2. The van der Waals surface area contributed by atoms with Gasteiger partial charge in [0.1, 0.15) is 5.78 Å². The average molecular weight is 195 g/mol. The van der Waals surface area contributed by atoms with Gasteiger partial charge in [0.05, 0.1) is 6.54 Å². The molecule has 2 fully saturated rings. The Balaban J connectivity index is 1.79. The van der Waals surface area contributed by atoms with Crippen molar-refractivity contribution < 1.29 is 4.79 Å². The van der Waals surface area contributed by atoms with E-state index in [-0.39, 0.29) is 0 Å². The summed E-state index contributed by atoms with van der Waals surface area (Å²) in [6.45, 7) is 3.94. The molecule has 0 radical (unpaired) electrons. The molecule has 2 nitrogen and oxygen atoms in total. The summed E-state index contributed by atoms with van der Waals surface area (Å²) in [6.07, 6.45) is 7.47. The second-order valence-electron chi connectivity index (χ2n) is 4.74. The summed E-state index contributed by atoms with van der Waals surface area (Å²) >= 11 is 0. The molecule has 0 unspecified atom stereocenters. The van der Waals surface area contributed by atoms with Crippen molar-refractivity contribution in [1.82, 2.24) is 4.90 Å². The van der Waals surface area contributed by atoms with Crippen molar-refractivity contribution in [1.29, 1.82) is 0 Å². The molecular formula is C12H21NO. The van der Waals surface area contributed by atoms with Crippen LogP contribution < -0.4 is 0 Å². The molecule has 0 heterocycles. The number of nitrogens with zero attached hydrogens (tertiary/aromatic N) is 1. The zero-order valence-electron chi connectivity index (χ0n) is 9.17. The predicted molar refractivity (Wildman–Crippen MR) is 57.2 cm³/mol. The lowest BCUT2D eigenvalue weighted by atomic mass is 10.0. The van der Waals surface area contributed by atoms with Gasteiger partial charge in [0.25, 0.3) is 0 Å². The van der Waals surface area contributed by atoms with Crippen LogP contribution in [0.25, 0.3) is 0 Å². The number of rotatable bonds is 5. The lowest BCUT2D eigenvalue weighted by Crippen LogP contribution is -2.34. The molecule has 2 saturated carbocycles. The first-order valence-electron chi connectivity index (χ1n) is 6.08. The zero-order valence-corrected chi connectivity index (χ0v) is 9.17. The van der Waals surface area contributed by atoms with Gasteiger partial charge >= 0.3 is 0 Å². The molecule has 2 heteroatoms. The summed E-state index contributed by atoms with van der Waals surface area (Å²) in [7, 11) is 0. The van der Waals surface area contributed by atoms with E-state index in [1.165, 1.54) is 25.7 Å². The van der Waals surface area contributed by atoms with Crippen molar-refractivity contribution in [3.8, 4) is 0 Å². The smallest absolute Gasteiger partial charge is 0.149 e. The molecule has 0 spiro atoms. The fourth-order valence-electron chi connectivity index (χ4n) is 2.52. The monoisotopic (exact) mass is 195 g/mol. The van der Waals surface area contributed by atoms with Crippen molar-refractivity contribution in [3.05, 3.63) is 0 Å². The van der Waals surface area contributed by atoms with E-state index in [9.17, 15) is 4.79 Å². The van der Waals surface area contributed by atoms with Gasteiger partial charge in [-0.25, -0.2) is 0 Å². The number of hydrogen-bond donors (Lipinski definition) is 0. The van der Waals surface area contributed by atoms with Crippen molar-refractivity contribution in [2.75, 3.05) is 13.1 Å². The lowest BCUT2D eigenvalue weighted by Gasteiger charge is -2.20. The van der Waals surface area contributed by atoms with Crippen molar-refractivity contribution in [3.63, 3.8) is 0 Å². The van der Waals surface area contributed by atoms with Crippen LogP contribution in [0.4, 0.5) is 0 Å². The molecule has 0 amide bonds. The fraction of sp³-hybridized carbons (Fsp3) is 0.917. The second-order valence-corrected chi connectivity index (χ2v) is 4.74. The highest BCUT2D eigenvalue weighted by molar-refractivity contribution is 5.83. The van der Waals surface area contributed by atoms with Crippen LogP contribution in [-0.4, -0.2) is 29.8 Å². The van der Waals surface area contributed by atoms with E-state index in [0.29, 0.717) is 11.7 Å². The molecule has 0 aromatic carbocycles. The van der Waals surface area contributed by atoms with Crippen LogP contribution in [0.5, 0.6) is 0 Å². The van der Waals surface area contributed by atoms with E-state index in [0.717, 1.165) is 32.0 Å². The highest BCUT2D eigenvalue weighted by Crippen LogP contribution is 2.29. The maximum Gasteiger partial charge on any atom is 0.149 e. The summed E-state index contributed by atoms with van der Waals surface area (Å²) in [4.78, 5) is 14.3. The summed E-state index contributed by atoms with van der Waals surface area (Å²) in [5.74, 6) is 0.916. The van der Waals surface area contributed by atoms with Crippen molar-refractivity contribution in [2.24, 2.45) is 5.92 Å². The van der Waals surface area contributed by atoms with Crippen LogP contribution in [0.2, 0.25) is 0 Å². The van der Waals surface area contributed by atoms with Gasteiger partial charge in [-0.15, -0.1) is 0 Å². The molecule has 0 saturated heterocycles. The largest absolute Gasteiger partial charge is 0.298 e. The minimum atomic E-state index is 0.405. The Bertz CT molecular complexity index is 204. The first-order chi connectivity index (χ1) is 6.81. The lowest BCUT2D eigenvalue weighted by molar-refractivity contribution is -0.123. The normalized spacial score (nSPS) is 23.3. The van der Waals surface area contributed by atoms with E-state index >= 15 is 0 Å². The van der Waals surface area contributed by atoms with Gasteiger partial charge in [-0.2, -0.15) is 0 Å². The van der Waals surface area contributed by atoms with Gasteiger partial charge < -0.3 is 0 Å². The number of ketones is 1. The third kappa shape index (κ3) is 2.35. The minimum absolute atomic E-state index is 0.405. The highest BCUT2D eigenvalue weighted by Gasteiger charge is 2.31. The Morgan fingerprint density at radius 2 is 1.86 bits per heavy atom. The van der Waals surface area contributed by atoms with Crippen LogP contribution >= 0.6 is 0 Å². The molecule has 2 rings (SSSR count). The maximum absolute atomic E-state index is 11.9. The second kappa shape index (κ2) is 4.43. The molecule has 2 aliphatic rings. The minimum Gasteiger partial charge on any atom is -0.298 e. The van der Waals surface area contributed by atoms with Crippen LogP contribution in [0.3, 0.4) is 0 Å². The van der Waals surface area contributed by atoms with Crippen LogP contribution in [-0.2, 0) is 4.79 Å². The van der Waals surface area contributed by atoms with Crippen molar-refractivity contribution in [2.45, 2.75) is 51.5 Å². The molecule has 0 aromatic rings. The molecule has 80 valence electrons. The molecule has 0 aromatic heterocycles. The SMILES string of the molecule is CCN(CC(=O)C1CCCC1)C1CC1. The van der Waals surface area contributed by atoms with Gasteiger partial charge in [-0.1, -0.05) is 19.8 Å². The standard InChI is InChI=1S/C12H21NO/c1-2-13(11-7-8-11)9-12(14)10-5-3-4-6-10/h10-11H,2-9H2,1H3.